The summed E-state index contributed by atoms with van der Waals surface area (Å²) in [6.07, 6.45) is 0.829. The Morgan fingerprint density at radius 2 is 1.86 bits per heavy atom. The van der Waals surface area contributed by atoms with Crippen molar-refractivity contribution in [1.82, 2.24) is 10.6 Å². The number of aliphatic hydroxyl groups is 1. The highest BCUT2D eigenvalue weighted by Gasteiger charge is 2.45. The number of piperidine rings is 1. The average Bonchev–Trinajstić information content (AvgIpc) is 2.86. The number of esters is 2. The maximum atomic E-state index is 13.1. The lowest BCUT2D eigenvalue weighted by Crippen LogP contribution is -2.53. The number of halogens is 1. The highest BCUT2D eigenvalue weighted by Crippen LogP contribution is 2.37. The SMILES string of the molecule is CCOC(=O)[C@H](Cc1ccccc1)NC(=O)C1CC(Cl)C(OC(=O)C2(CC)CCNCC2)CC1O. The quantitative estimate of drug-likeness (QED) is 0.346. The second-order valence-corrected chi connectivity index (χ2v) is 10.1. The Bertz CT molecular complexity index is 861. The zero-order chi connectivity index (χ0) is 25.4. The van der Waals surface area contributed by atoms with E-state index < -0.39 is 46.8 Å². The van der Waals surface area contributed by atoms with Crippen LogP contribution in [0.2, 0.25) is 0 Å². The number of aliphatic hydroxyl groups excluding tert-OH is 1. The Balaban J connectivity index is 1.62. The van der Waals surface area contributed by atoms with Crippen LogP contribution >= 0.6 is 11.6 Å². The van der Waals surface area contributed by atoms with Gasteiger partial charge in [0.1, 0.15) is 12.1 Å². The molecule has 1 amide bonds. The van der Waals surface area contributed by atoms with Gasteiger partial charge in [-0.15, -0.1) is 11.6 Å². The first-order valence-corrected chi connectivity index (χ1v) is 13.0. The van der Waals surface area contributed by atoms with Crippen LogP contribution in [0, 0.1) is 11.3 Å². The normalized spacial score (nSPS) is 26.9. The molecular weight excluding hydrogens is 472 g/mol. The molecule has 35 heavy (non-hydrogen) atoms. The predicted octanol–water partition coefficient (Wildman–Crippen LogP) is 2.35. The van der Waals surface area contributed by atoms with Gasteiger partial charge in [0, 0.05) is 12.8 Å². The van der Waals surface area contributed by atoms with Crippen molar-refractivity contribution in [3.8, 4) is 0 Å². The van der Waals surface area contributed by atoms with Crippen LogP contribution in [-0.2, 0) is 30.3 Å². The standard InChI is InChI=1S/C26H37ClN2O6/c1-3-26(10-12-28-13-11-26)25(33)35-22-16-21(30)18(15-19(22)27)23(31)29-20(24(32)34-4-2)14-17-8-6-5-7-9-17/h5-9,18-22,28,30H,3-4,10-16H2,1-2H3,(H,29,31)/t18?,19?,20-,21?,22?/m0/s1. The molecule has 5 atom stereocenters. The van der Waals surface area contributed by atoms with Crippen molar-refractivity contribution < 1.29 is 29.0 Å². The van der Waals surface area contributed by atoms with Gasteiger partial charge in [-0.1, -0.05) is 37.3 Å². The summed E-state index contributed by atoms with van der Waals surface area (Å²) in [6.45, 7) is 5.39. The number of benzene rings is 1. The van der Waals surface area contributed by atoms with Crippen LogP contribution in [0.4, 0.5) is 0 Å². The maximum absolute atomic E-state index is 13.1. The zero-order valence-electron chi connectivity index (χ0n) is 20.5. The molecule has 2 fully saturated rings. The van der Waals surface area contributed by atoms with Gasteiger partial charge >= 0.3 is 11.9 Å². The van der Waals surface area contributed by atoms with Crippen molar-refractivity contribution in [1.29, 1.82) is 0 Å². The summed E-state index contributed by atoms with van der Waals surface area (Å²) in [5.74, 6) is -2.10. The third-order valence-corrected chi connectivity index (χ3v) is 7.72. The third-order valence-electron chi connectivity index (χ3n) is 7.26. The first-order valence-electron chi connectivity index (χ1n) is 12.5. The first-order chi connectivity index (χ1) is 16.8. The second-order valence-electron chi connectivity index (χ2n) is 9.49. The van der Waals surface area contributed by atoms with Crippen molar-refractivity contribution in [3.63, 3.8) is 0 Å². The van der Waals surface area contributed by atoms with Gasteiger partial charge in [-0.2, -0.15) is 0 Å². The van der Waals surface area contributed by atoms with Crippen LogP contribution in [0.15, 0.2) is 30.3 Å². The summed E-state index contributed by atoms with van der Waals surface area (Å²) in [6, 6.07) is 8.44. The molecular formula is C26H37ClN2O6. The lowest BCUT2D eigenvalue weighted by Gasteiger charge is -2.39. The zero-order valence-corrected chi connectivity index (χ0v) is 21.3. The van der Waals surface area contributed by atoms with Crippen molar-refractivity contribution in [2.45, 2.75) is 76.0 Å². The summed E-state index contributed by atoms with van der Waals surface area (Å²) >= 11 is 6.56. The topological polar surface area (TPSA) is 114 Å². The minimum atomic E-state index is -1.05. The molecule has 1 aliphatic heterocycles. The molecule has 2 aliphatic rings. The molecule has 3 rings (SSSR count). The Hall–Kier alpha value is -2.16. The number of nitrogens with one attached hydrogen (secondary N) is 2. The fourth-order valence-electron chi connectivity index (χ4n) is 4.94. The minimum absolute atomic E-state index is 0.0682. The van der Waals surface area contributed by atoms with E-state index in [0.29, 0.717) is 19.3 Å². The van der Waals surface area contributed by atoms with Gasteiger partial charge in [-0.25, -0.2) is 4.79 Å². The molecule has 9 heteroatoms. The molecule has 0 aromatic heterocycles. The highest BCUT2D eigenvalue weighted by atomic mass is 35.5. The van der Waals surface area contributed by atoms with Gasteiger partial charge in [0.15, 0.2) is 0 Å². The predicted molar refractivity (Wildman–Crippen MR) is 132 cm³/mol. The fourth-order valence-corrected chi connectivity index (χ4v) is 5.29. The van der Waals surface area contributed by atoms with Gasteiger partial charge < -0.3 is 25.2 Å². The molecule has 1 aromatic carbocycles. The summed E-state index contributed by atoms with van der Waals surface area (Å²) in [4.78, 5) is 38.6. The van der Waals surface area contributed by atoms with E-state index in [0.717, 1.165) is 18.7 Å². The molecule has 1 saturated carbocycles. The summed E-state index contributed by atoms with van der Waals surface area (Å²) in [5, 5.41) is 16.2. The Morgan fingerprint density at radius 1 is 1.17 bits per heavy atom. The van der Waals surface area contributed by atoms with Crippen LogP contribution < -0.4 is 10.6 Å². The summed E-state index contributed by atoms with van der Waals surface area (Å²) in [7, 11) is 0. The van der Waals surface area contributed by atoms with Crippen molar-refractivity contribution in [3.05, 3.63) is 35.9 Å². The van der Waals surface area contributed by atoms with Crippen LogP contribution in [-0.4, -0.2) is 66.3 Å². The number of carbonyl (C=O) groups excluding carboxylic acids is 3. The molecule has 8 nitrogen and oxygen atoms in total. The molecule has 1 heterocycles. The number of ether oxygens (including phenoxy) is 2. The van der Waals surface area contributed by atoms with E-state index in [1.165, 1.54) is 0 Å². The number of hydrogen-bond donors (Lipinski definition) is 3. The van der Waals surface area contributed by atoms with Gasteiger partial charge in [-0.3, -0.25) is 9.59 Å². The molecule has 194 valence electrons. The van der Waals surface area contributed by atoms with Crippen molar-refractivity contribution in [2.24, 2.45) is 11.3 Å². The smallest absolute Gasteiger partial charge is 0.328 e. The Labute approximate surface area is 212 Å². The minimum Gasteiger partial charge on any atom is -0.464 e. The molecule has 0 bridgehead atoms. The van der Waals surface area contributed by atoms with Crippen LogP contribution in [0.25, 0.3) is 0 Å². The van der Waals surface area contributed by atoms with Gasteiger partial charge in [-0.05, 0) is 51.3 Å². The van der Waals surface area contributed by atoms with E-state index in [4.69, 9.17) is 21.1 Å². The van der Waals surface area contributed by atoms with Gasteiger partial charge in [0.2, 0.25) is 5.91 Å². The number of amides is 1. The Morgan fingerprint density at radius 3 is 2.49 bits per heavy atom. The van der Waals surface area contributed by atoms with Crippen molar-refractivity contribution in [2.75, 3.05) is 19.7 Å². The molecule has 0 radical (unpaired) electrons. The lowest BCUT2D eigenvalue weighted by molar-refractivity contribution is -0.168. The molecule has 4 unspecified atom stereocenters. The molecule has 1 aromatic rings. The Kier molecular flexibility index (Phi) is 9.95. The van der Waals surface area contributed by atoms with Crippen LogP contribution in [0.5, 0.6) is 0 Å². The fraction of sp³-hybridized carbons (Fsp3) is 0.654. The molecule has 1 aliphatic carbocycles. The second kappa shape index (κ2) is 12.7. The van der Waals surface area contributed by atoms with E-state index >= 15 is 0 Å². The van der Waals surface area contributed by atoms with E-state index in [9.17, 15) is 19.5 Å². The van der Waals surface area contributed by atoms with Crippen LogP contribution in [0.1, 0.15) is 51.5 Å². The van der Waals surface area contributed by atoms with Crippen LogP contribution in [0.3, 0.4) is 0 Å². The number of rotatable bonds is 9. The van der Waals surface area contributed by atoms with E-state index in [-0.39, 0.29) is 31.8 Å². The summed E-state index contributed by atoms with van der Waals surface area (Å²) < 4.78 is 10.9. The van der Waals surface area contributed by atoms with Crippen molar-refractivity contribution >= 4 is 29.4 Å². The van der Waals surface area contributed by atoms with E-state index in [1.54, 1.807) is 6.92 Å². The molecule has 1 saturated heterocycles. The van der Waals surface area contributed by atoms with E-state index in [2.05, 4.69) is 10.6 Å². The number of hydrogen-bond acceptors (Lipinski definition) is 7. The third kappa shape index (κ3) is 6.96. The van der Waals surface area contributed by atoms with Gasteiger partial charge in [0.25, 0.3) is 0 Å². The van der Waals surface area contributed by atoms with Gasteiger partial charge in [0.05, 0.1) is 29.4 Å². The number of carbonyl (C=O) groups is 3. The monoisotopic (exact) mass is 508 g/mol. The largest absolute Gasteiger partial charge is 0.464 e. The summed E-state index contributed by atoms with van der Waals surface area (Å²) in [5.41, 5.74) is 0.339. The first kappa shape index (κ1) is 27.4. The van der Waals surface area contributed by atoms with E-state index in [1.807, 2.05) is 37.3 Å². The molecule has 3 N–H and O–H groups in total. The average molecular weight is 509 g/mol. The number of alkyl halides is 1. The maximum Gasteiger partial charge on any atom is 0.328 e. The molecule has 0 spiro atoms. The lowest BCUT2D eigenvalue weighted by atomic mass is 9.76. The highest BCUT2D eigenvalue weighted by molar-refractivity contribution is 6.21.